The van der Waals surface area contributed by atoms with Gasteiger partial charge in [0.15, 0.2) is 6.19 Å². The first kappa shape index (κ1) is 12.9. The van der Waals surface area contributed by atoms with Crippen molar-refractivity contribution in [1.29, 1.82) is 5.26 Å². The molecule has 0 rings (SSSR count). The molecule has 0 aliphatic heterocycles. The van der Waals surface area contributed by atoms with Crippen LogP contribution in [0.1, 0.15) is 0 Å². The number of rotatable bonds is 0. The molecule has 0 radical (unpaired) electrons. The number of hydrogen-bond donors (Lipinski definition) is 2. The summed E-state index contributed by atoms with van der Waals surface area (Å²) >= 11 is 0. The van der Waals surface area contributed by atoms with Gasteiger partial charge < -0.3 is 5.73 Å². The Bertz CT molecular complexity index is 246. The third-order valence-corrected chi connectivity index (χ3v) is 0.179. The molecule has 0 spiro atoms. The Hall–Kier alpha value is -0.710. The van der Waals surface area contributed by atoms with Crippen LogP contribution in [0, 0.1) is 11.5 Å². The summed E-state index contributed by atoms with van der Waals surface area (Å²) in [7, 11) is 4.81. The molecule has 6 nitrogen and oxygen atoms in total. The zero-order valence-corrected chi connectivity index (χ0v) is 7.24. The average molecular weight is 220 g/mol. The van der Waals surface area contributed by atoms with Gasteiger partial charge in [-0.15, -0.1) is 0 Å². The number of nitriles is 1. The maximum absolute atomic E-state index is 9.49. The van der Waals surface area contributed by atoms with Gasteiger partial charge in [0.2, 0.25) is 0 Å². The van der Waals surface area contributed by atoms with E-state index in [4.69, 9.17) is 13.7 Å². The van der Waals surface area contributed by atoms with E-state index in [-0.39, 0.29) is 0 Å². The number of carbonyl (C=O) groups is 1. The van der Waals surface area contributed by atoms with Crippen LogP contribution in [-0.4, -0.2) is 14.4 Å². The molecule has 0 aliphatic rings. The fraction of sp³-hybridized carbons (Fsp3) is 0. The van der Waals surface area contributed by atoms with Crippen LogP contribution in [0.2, 0.25) is 0 Å². The third-order valence-electron chi connectivity index (χ3n) is 0.179. The maximum atomic E-state index is 9.49. The van der Waals surface area contributed by atoms with Crippen molar-refractivity contribution in [3.8, 4) is 6.19 Å². The monoisotopic (exact) mass is 219 g/mol. The van der Waals surface area contributed by atoms with Crippen LogP contribution in [0.25, 0.3) is 0 Å². The summed E-state index contributed by atoms with van der Waals surface area (Å²) in [6.45, 7) is 0. The van der Waals surface area contributed by atoms with E-state index in [1.165, 1.54) is 6.19 Å². The van der Waals surface area contributed by atoms with Crippen LogP contribution in [0.4, 0.5) is 4.79 Å². The molecule has 0 fully saturated rings. The second-order valence-corrected chi connectivity index (χ2v) is 4.65. The highest BCUT2D eigenvalue weighted by Crippen LogP contribution is 1.98. The number of nitrogens with one attached hydrogen (secondary N) is 1. The SMILES string of the molecule is N#CNC(N)=O.O=S(=O)(Cl)Cl. The van der Waals surface area contributed by atoms with Crippen LogP contribution in [-0.2, 0) is 8.26 Å². The number of halogens is 2. The molecule has 0 aromatic heterocycles. The minimum atomic E-state index is -3.72. The van der Waals surface area contributed by atoms with E-state index < -0.39 is 14.3 Å². The normalized spacial score (nSPS) is 8.45. The standard InChI is InChI=1S/C2H3N3O.Cl2O2S/c3-1-5-2(4)6;1-5(2,3)4/h(H3,4,5,6);. The number of nitrogens with zero attached hydrogens (tertiary/aromatic N) is 1. The molecule has 0 bridgehead atoms. The molecule has 0 saturated heterocycles. The maximum Gasteiger partial charge on any atom is 0.325 e. The van der Waals surface area contributed by atoms with Crippen molar-refractivity contribution in [3.05, 3.63) is 0 Å². The van der Waals surface area contributed by atoms with Gasteiger partial charge in [0.25, 0.3) is 0 Å². The predicted octanol–water partition coefficient (Wildman–Crippen LogP) is -0.155. The zero-order valence-electron chi connectivity index (χ0n) is 4.91. The topological polar surface area (TPSA) is 113 Å². The molecule has 0 aromatic carbocycles. The Balaban J connectivity index is 0. The average Bonchev–Trinajstić information content (AvgIpc) is 1.58. The molecule has 0 aromatic rings. The number of carbonyl (C=O) groups excluding carboxylic acids is 1. The van der Waals surface area contributed by atoms with Gasteiger partial charge in [0, 0.05) is 21.4 Å². The Morgan fingerprint density at radius 2 is 1.82 bits per heavy atom. The van der Waals surface area contributed by atoms with Gasteiger partial charge in [-0.3, -0.25) is 0 Å². The van der Waals surface area contributed by atoms with Gasteiger partial charge in [-0.25, -0.2) is 10.1 Å². The molecule has 0 saturated carbocycles. The van der Waals surface area contributed by atoms with E-state index in [1.807, 2.05) is 0 Å². The van der Waals surface area contributed by atoms with Crippen molar-refractivity contribution in [2.75, 3.05) is 0 Å². The lowest BCUT2D eigenvalue weighted by Crippen LogP contribution is -2.24. The zero-order chi connectivity index (χ0) is 9.49. The smallest absolute Gasteiger partial charge is 0.325 e. The highest BCUT2D eigenvalue weighted by Gasteiger charge is 1.88. The van der Waals surface area contributed by atoms with E-state index in [9.17, 15) is 4.79 Å². The molecule has 9 heteroatoms. The van der Waals surface area contributed by atoms with Crippen LogP contribution >= 0.6 is 21.4 Å². The Kier molecular flexibility index (Phi) is 7.08. The summed E-state index contributed by atoms with van der Waals surface area (Å²) in [6, 6.07) is -0.822. The minimum absolute atomic E-state index is 0.822. The van der Waals surface area contributed by atoms with Crippen molar-refractivity contribution in [3.63, 3.8) is 0 Å². The molecule has 11 heavy (non-hydrogen) atoms. The Labute approximate surface area is 71.8 Å². The fourth-order valence-electron chi connectivity index (χ4n) is 0.0551. The first-order valence-corrected chi connectivity index (χ1v) is 4.99. The van der Waals surface area contributed by atoms with Crippen molar-refractivity contribution >= 4 is 35.7 Å². The van der Waals surface area contributed by atoms with Gasteiger partial charge in [-0.1, -0.05) is 0 Å². The van der Waals surface area contributed by atoms with Crippen LogP contribution in [0.5, 0.6) is 0 Å². The number of nitrogens with two attached hydrogens (primary N) is 1. The lowest BCUT2D eigenvalue weighted by atomic mass is 11.0. The quantitative estimate of drug-likeness (QED) is 0.335. The second kappa shape index (κ2) is 6.03. The highest BCUT2D eigenvalue weighted by atomic mass is 36.0. The first-order valence-electron chi connectivity index (χ1n) is 1.86. The van der Waals surface area contributed by atoms with Crippen LogP contribution in [0.3, 0.4) is 0 Å². The molecular formula is C2H3Cl2N3O3S. The molecular weight excluding hydrogens is 217 g/mol. The lowest BCUT2D eigenvalue weighted by molar-refractivity contribution is 0.252. The molecule has 3 N–H and O–H groups in total. The van der Waals surface area contributed by atoms with E-state index in [0.29, 0.717) is 0 Å². The third kappa shape index (κ3) is 94.1. The molecule has 0 aliphatic carbocycles. The van der Waals surface area contributed by atoms with Crippen molar-refractivity contribution in [2.45, 2.75) is 0 Å². The largest absolute Gasteiger partial charge is 0.351 e. The van der Waals surface area contributed by atoms with Gasteiger partial charge >= 0.3 is 14.3 Å². The van der Waals surface area contributed by atoms with E-state index in [0.717, 1.165) is 0 Å². The van der Waals surface area contributed by atoms with Crippen molar-refractivity contribution < 1.29 is 13.2 Å². The van der Waals surface area contributed by atoms with E-state index in [2.05, 4.69) is 27.1 Å². The number of urea groups is 1. The molecule has 0 unspecified atom stereocenters. The van der Waals surface area contributed by atoms with Gasteiger partial charge in [-0.05, 0) is 0 Å². The van der Waals surface area contributed by atoms with Gasteiger partial charge in [0.05, 0.1) is 0 Å². The summed E-state index contributed by atoms with van der Waals surface area (Å²) in [6.07, 6.45) is 1.34. The summed E-state index contributed by atoms with van der Waals surface area (Å²) in [5, 5.41) is 9.23. The summed E-state index contributed by atoms with van der Waals surface area (Å²) in [4.78, 5) is 9.49. The van der Waals surface area contributed by atoms with Crippen molar-refractivity contribution in [2.24, 2.45) is 5.73 Å². The lowest BCUT2D eigenvalue weighted by Gasteiger charge is -1.77. The number of amides is 2. The second-order valence-electron chi connectivity index (χ2n) is 0.979. The summed E-state index contributed by atoms with van der Waals surface area (Å²) in [5.41, 5.74) is 4.43. The van der Waals surface area contributed by atoms with Gasteiger partial charge in [-0.2, -0.15) is 13.7 Å². The highest BCUT2D eigenvalue weighted by molar-refractivity contribution is 8.31. The number of hydrogen-bond acceptors (Lipinski definition) is 4. The van der Waals surface area contributed by atoms with Crippen LogP contribution in [0.15, 0.2) is 0 Å². The minimum Gasteiger partial charge on any atom is -0.351 e. The van der Waals surface area contributed by atoms with Gasteiger partial charge in [0.1, 0.15) is 0 Å². The summed E-state index contributed by atoms with van der Waals surface area (Å²) in [5.74, 6) is 0. The van der Waals surface area contributed by atoms with Crippen molar-refractivity contribution in [1.82, 2.24) is 5.32 Å². The Morgan fingerprint density at radius 1 is 1.55 bits per heavy atom. The first-order chi connectivity index (χ1) is 4.77. The fourth-order valence-corrected chi connectivity index (χ4v) is 0.0551. The molecule has 2 amide bonds. The predicted molar refractivity (Wildman–Crippen MR) is 39.0 cm³/mol. The number of primary amides is 1. The molecule has 64 valence electrons. The van der Waals surface area contributed by atoms with E-state index in [1.54, 1.807) is 5.32 Å². The van der Waals surface area contributed by atoms with E-state index >= 15 is 0 Å². The molecule has 0 heterocycles. The Morgan fingerprint density at radius 3 is 1.82 bits per heavy atom. The summed E-state index contributed by atoms with van der Waals surface area (Å²) < 4.78 is 18.3. The van der Waals surface area contributed by atoms with Crippen LogP contribution < -0.4 is 11.1 Å². The molecule has 0 atom stereocenters.